The highest BCUT2D eigenvalue weighted by Gasteiger charge is 2.44. The van der Waals surface area contributed by atoms with Gasteiger partial charge in [-0.1, -0.05) is 0 Å². The Hall–Kier alpha value is -1.36. The van der Waals surface area contributed by atoms with E-state index in [1.807, 2.05) is 6.92 Å². The quantitative estimate of drug-likeness (QED) is 0.797. The zero-order valence-corrected chi connectivity index (χ0v) is 9.73. The average Bonchev–Trinajstić information content (AvgIpc) is 3.01. The van der Waals surface area contributed by atoms with E-state index in [-0.39, 0.29) is 5.91 Å². The van der Waals surface area contributed by atoms with Crippen LogP contribution in [0.3, 0.4) is 0 Å². The van der Waals surface area contributed by atoms with E-state index in [1.165, 1.54) is 0 Å². The van der Waals surface area contributed by atoms with Crippen molar-refractivity contribution in [3.63, 3.8) is 0 Å². The lowest BCUT2D eigenvalue weighted by Crippen LogP contribution is -2.50. The minimum Gasteiger partial charge on any atom is -0.322 e. The van der Waals surface area contributed by atoms with Gasteiger partial charge in [-0.05, 0) is 32.6 Å². The number of rotatable bonds is 4. The van der Waals surface area contributed by atoms with Crippen LogP contribution in [0.4, 0.5) is 5.69 Å². The maximum absolute atomic E-state index is 11.9. The molecule has 1 saturated carbocycles. The molecule has 1 aliphatic carbocycles. The number of carbonyl (C=O) groups is 1. The molecule has 1 fully saturated rings. The first-order valence-electron chi connectivity index (χ1n) is 5.67. The molecule has 1 atom stereocenters. The van der Waals surface area contributed by atoms with Crippen molar-refractivity contribution in [2.45, 2.75) is 38.8 Å². The number of hydrogen-bond acceptors (Lipinski definition) is 3. The molecule has 0 aliphatic heterocycles. The zero-order valence-electron chi connectivity index (χ0n) is 9.73. The van der Waals surface area contributed by atoms with Crippen LogP contribution in [0.25, 0.3) is 0 Å². The van der Waals surface area contributed by atoms with Gasteiger partial charge >= 0.3 is 0 Å². The molecule has 16 heavy (non-hydrogen) atoms. The van der Waals surface area contributed by atoms with Gasteiger partial charge in [0.05, 0.1) is 17.4 Å². The molecule has 0 spiro atoms. The minimum absolute atomic E-state index is 0.120. The molecule has 0 aromatic carbocycles. The fourth-order valence-corrected chi connectivity index (χ4v) is 1.74. The first kappa shape index (κ1) is 11.1. The van der Waals surface area contributed by atoms with Crippen molar-refractivity contribution in [2.24, 2.45) is 11.7 Å². The van der Waals surface area contributed by atoms with Gasteiger partial charge in [0.1, 0.15) is 0 Å². The van der Waals surface area contributed by atoms with E-state index < -0.39 is 5.54 Å². The van der Waals surface area contributed by atoms with Crippen molar-refractivity contribution in [1.29, 1.82) is 0 Å². The van der Waals surface area contributed by atoms with Crippen LogP contribution in [0, 0.1) is 5.92 Å². The summed E-state index contributed by atoms with van der Waals surface area (Å²) in [5.41, 5.74) is 5.97. The second-order valence-corrected chi connectivity index (χ2v) is 4.60. The Bertz CT molecular complexity index is 392. The van der Waals surface area contributed by atoms with Crippen LogP contribution in [-0.4, -0.2) is 21.2 Å². The summed E-state index contributed by atoms with van der Waals surface area (Å²) in [6.07, 6.45) is 5.55. The highest BCUT2D eigenvalue weighted by Crippen LogP contribution is 2.38. The second kappa shape index (κ2) is 3.90. The molecule has 1 aromatic rings. The van der Waals surface area contributed by atoms with Gasteiger partial charge in [-0.2, -0.15) is 5.10 Å². The Morgan fingerprint density at radius 3 is 2.94 bits per heavy atom. The first-order valence-corrected chi connectivity index (χ1v) is 5.67. The topological polar surface area (TPSA) is 72.9 Å². The van der Waals surface area contributed by atoms with Crippen LogP contribution in [-0.2, 0) is 11.3 Å². The SMILES string of the molecule is CCn1cc(NC(=O)C(C)(N)C2CC2)cn1. The molecule has 2 rings (SSSR count). The molecule has 1 unspecified atom stereocenters. The molecule has 0 radical (unpaired) electrons. The third-order valence-corrected chi connectivity index (χ3v) is 3.13. The predicted octanol–water partition coefficient (Wildman–Crippen LogP) is 0.969. The second-order valence-electron chi connectivity index (χ2n) is 4.60. The van der Waals surface area contributed by atoms with Gasteiger partial charge in [-0.25, -0.2) is 0 Å². The van der Waals surface area contributed by atoms with Crippen molar-refractivity contribution >= 4 is 11.6 Å². The molecule has 1 heterocycles. The molecule has 88 valence electrons. The number of nitrogens with zero attached hydrogens (tertiary/aromatic N) is 2. The molecule has 1 amide bonds. The number of amides is 1. The highest BCUT2D eigenvalue weighted by molar-refractivity contribution is 5.97. The average molecular weight is 222 g/mol. The van der Waals surface area contributed by atoms with Crippen molar-refractivity contribution in [1.82, 2.24) is 9.78 Å². The van der Waals surface area contributed by atoms with E-state index in [4.69, 9.17) is 5.73 Å². The summed E-state index contributed by atoms with van der Waals surface area (Å²) >= 11 is 0. The molecule has 5 heteroatoms. The molecule has 5 nitrogen and oxygen atoms in total. The van der Waals surface area contributed by atoms with E-state index >= 15 is 0 Å². The van der Waals surface area contributed by atoms with Crippen LogP contribution < -0.4 is 11.1 Å². The van der Waals surface area contributed by atoms with Crippen LogP contribution in [0.15, 0.2) is 12.4 Å². The van der Waals surface area contributed by atoms with E-state index in [0.29, 0.717) is 11.6 Å². The molecule has 1 aromatic heterocycles. The first-order chi connectivity index (χ1) is 7.54. The Morgan fingerprint density at radius 2 is 2.44 bits per heavy atom. The van der Waals surface area contributed by atoms with Crippen molar-refractivity contribution in [3.05, 3.63) is 12.4 Å². The largest absolute Gasteiger partial charge is 0.322 e. The summed E-state index contributed by atoms with van der Waals surface area (Å²) in [4.78, 5) is 11.9. The maximum atomic E-state index is 11.9. The highest BCUT2D eigenvalue weighted by atomic mass is 16.2. The molecule has 0 bridgehead atoms. The van der Waals surface area contributed by atoms with E-state index in [2.05, 4.69) is 10.4 Å². The van der Waals surface area contributed by atoms with Gasteiger partial charge in [0.15, 0.2) is 0 Å². The minimum atomic E-state index is -0.756. The number of aromatic nitrogens is 2. The van der Waals surface area contributed by atoms with E-state index in [0.717, 1.165) is 19.4 Å². The Labute approximate surface area is 95.0 Å². The third kappa shape index (κ3) is 2.09. The lowest BCUT2D eigenvalue weighted by atomic mass is 9.96. The van der Waals surface area contributed by atoms with E-state index in [9.17, 15) is 4.79 Å². The summed E-state index contributed by atoms with van der Waals surface area (Å²) in [6, 6.07) is 0. The number of nitrogens with two attached hydrogens (primary N) is 1. The van der Waals surface area contributed by atoms with Gasteiger partial charge < -0.3 is 11.1 Å². The molecule has 0 saturated heterocycles. The van der Waals surface area contributed by atoms with Crippen LogP contribution in [0.5, 0.6) is 0 Å². The Morgan fingerprint density at radius 1 is 1.75 bits per heavy atom. The van der Waals surface area contributed by atoms with Crippen LogP contribution in [0.2, 0.25) is 0 Å². The summed E-state index contributed by atoms with van der Waals surface area (Å²) in [5, 5.41) is 6.90. The number of anilines is 1. The Kier molecular flexibility index (Phi) is 2.71. The van der Waals surface area contributed by atoms with Gasteiger partial charge in [0.25, 0.3) is 0 Å². The fraction of sp³-hybridized carbons (Fsp3) is 0.636. The van der Waals surface area contributed by atoms with Crippen LogP contribution in [0.1, 0.15) is 26.7 Å². The van der Waals surface area contributed by atoms with Gasteiger partial charge in [0, 0.05) is 12.7 Å². The number of aryl methyl sites for hydroxylation is 1. The monoisotopic (exact) mass is 222 g/mol. The summed E-state index contributed by atoms with van der Waals surface area (Å²) in [6.45, 7) is 4.58. The molecule has 1 aliphatic rings. The standard InChI is InChI=1S/C11H18N4O/c1-3-15-7-9(6-13-15)14-10(16)11(2,12)8-4-5-8/h6-8H,3-5,12H2,1-2H3,(H,14,16). The smallest absolute Gasteiger partial charge is 0.244 e. The van der Waals surface area contributed by atoms with Crippen molar-refractivity contribution < 1.29 is 4.79 Å². The van der Waals surface area contributed by atoms with Crippen LogP contribution >= 0.6 is 0 Å². The van der Waals surface area contributed by atoms with E-state index in [1.54, 1.807) is 24.0 Å². The van der Waals surface area contributed by atoms with Gasteiger partial charge in [0.2, 0.25) is 5.91 Å². The van der Waals surface area contributed by atoms with Gasteiger partial charge in [-0.3, -0.25) is 9.48 Å². The summed E-state index contributed by atoms with van der Waals surface area (Å²) in [7, 11) is 0. The summed E-state index contributed by atoms with van der Waals surface area (Å²) < 4.78 is 1.76. The number of carbonyl (C=O) groups excluding carboxylic acids is 1. The molecule has 3 N–H and O–H groups in total. The van der Waals surface area contributed by atoms with Gasteiger partial charge in [-0.15, -0.1) is 0 Å². The van der Waals surface area contributed by atoms with Crippen molar-refractivity contribution in [2.75, 3.05) is 5.32 Å². The Balaban J connectivity index is 2.01. The lowest BCUT2D eigenvalue weighted by molar-refractivity contribution is -0.121. The van der Waals surface area contributed by atoms with Crippen molar-refractivity contribution in [3.8, 4) is 0 Å². The molecular formula is C11H18N4O. The zero-order chi connectivity index (χ0) is 11.8. The lowest BCUT2D eigenvalue weighted by Gasteiger charge is -2.22. The number of hydrogen-bond donors (Lipinski definition) is 2. The molecular weight excluding hydrogens is 204 g/mol. The third-order valence-electron chi connectivity index (χ3n) is 3.13. The summed E-state index contributed by atoms with van der Waals surface area (Å²) in [5.74, 6) is 0.208. The maximum Gasteiger partial charge on any atom is 0.244 e. The fourth-order valence-electron chi connectivity index (χ4n) is 1.74. The normalized spacial score (nSPS) is 19.2. The predicted molar refractivity (Wildman–Crippen MR) is 61.8 cm³/mol. The number of nitrogens with one attached hydrogen (secondary N) is 1.